The first-order valence-corrected chi connectivity index (χ1v) is 7.80. The van der Waals surface area contributed by atoms with Gasteiger partial charge in [-0.1, -0.05) is 0 Å². The van der Waals surface area contributed by atoms with Crippen LogP contribution in [0.15, 0.2) is 16.4 Å². The van der Waals surface area contributed by atoms with Gasteiger partial charge in [0, 0.05) is 44.2 Å². The first-order valence-electron chi connectivity index (χ1n) is 7.80. The molecule has 3 rings (SSSR count). The molecule has 3 heterocycles. The average molecular weight is 299 g/mol. The van der Waals surface area contributed by atoms with Crippen LogP contribution in [0.3, 0.4) is 0 Å². The van der Waals surface area contributed by atoms with E-state index in [1.807, 2.05) is 13.1 Å². The Morgan fingerprint density at radius 2 is 2.36 bits per heavy atom. The fourth-order valence-electron chi connectivity index (χ4n) is 3.01. The van der Waals surface area contributed by atoms with E-state index >= 15 is 0 Å². The second-order valence-corrected chi connectivity index (χ2v) is 6.07. The molecule has 0 aromatic carbocycles. The molecule has 6 heteroatoms. The van der Waals surface area contributed by atoms with E-state index in [4.69, 9.17) is 6.42 Å². The summed E-state index contributed by atoms with van der Waals surface area (Å²) < 4.78 is 2.15. The Bertz CT molecular complexity index is 633. The van der Waals surface area contributed by atoms with Gasteiger partial charge < -0.3 is 9.88 Å². The van der Waals surface area contributed by atoms with Crippen molar-refractivity contribution in [2.75, 3.05) is 6.54 Å². The van der Waals surface area contributed by atoms with E-state index in [1.165, 1.54) is 5.69 Å². The topological polar surface area (TPSA) is 71.6 Å². The van der Waals surface area contributed by atoms with E-state index in [0.717, 1.165) is 38.1 Å². The first-order chi connectivity index (χ1) is 10.6. The minimum absolute atomic E-state index is 0.0233. The first kappa shape index (κ1) is 14.8. The molecule has 2 aliphatic heterocycles. The van der Waals surface area contributed by atoms with Gasteiger partial charge in [0.1, 0.15) is 5.82 Å². The molecule has 0 spiro atoms. The summed E-state index contributed by atoms with van der Waals surface area (Å²) in [6.07, 6.45) is 11.2. The molecule has 1 aromatic rings. The molecule has 0 fully saturated rings. The zero-order chi connectivity index (χ0) is 15.6. The molecule has 1 atom stereocenters. The number of rotatable bonds is 6. The van der Waals surface area contributed by atoms with Crippen LogP contribution in [0.1, 0.15) is 37.2 Å². The highest BCUT2D eigenvalue weighted by atomic mass is 16.1. The fourth-order valence-corrected chi connectivity index (χ4v) is 3.01. The molecule has 0 bridgehead atoms. The Kier molecular flexibility index (Phi) is 3.97. The zero-order valence-corrected chi connectivity index (χ0v) is 12.9. The average Bonchev–Trinajstić information content (AvgIpc) is 3.21. The third kappa shape index (κ3) is 3.03. The van der Waals surface area contributed by atoms with Gasteiger partial charge in [0.05, 0.1) is 5.92 Å². The number of imidazole rings is 1. The molecule has 116 valence electrons. The maximum absolute atomic E-state index is 12.3. The van der Waals surface area contributed by atoms with Crippen molar-refractivity contribution in [3.63, 3.8) is 0 Å². The summed E-state index contributed by atoms with van der Waals surface area (Å²) in [5, 5.41) is 11.2. The van der Waals surface area contributed by atoms with Gasteiger partial charge in [0.15, 0.2) is 5.66 Å². The van der Waals surface area contributed by atoms with E-state index in [0.29, 0.717) is 13.0 Å². The lowest BCUT2D eigenvalue weighted by Gasteiger charge is -2.24. The Balaban J connectivity index is 1.46. The minimum Gasteiger partial charge on any atom is -0.356 e. The van der Waals surface area contributed by atoms with Crippen molar-refractivity contribution in [1.82, 2.24) is 14.9 Å². The molecule has 6 nitrogen and oxygen atoms in total. The Morgan fingerprint density at radius 1 is 1.55 bits per heavy atom. The van der Waals surface area contributed by atoms with Gasteiger partial charge >= 0.3 is 0 Å². The minimum atomic E-state index is -0.319. The highest BCUT2D eigenvalue weighted by Gasteiger charge is 2.38. The number of terminal acetylenes is 1. The van der Waals surface area contributed by atoms with E-state index in [2.05, 4.69) is 31.0 Å². The quantitative estimate of drug-likeness (QED) is 0.814. The van der Waals surface area contributed by atoms with Crippen molar-refractivity contribution >= 4 is 5.91 Å². The van der Waals surface area contributed by atoms with Crippen LogP contribution in [0.25, 0.3) is 0 Å². The monoisotopic (exact) mass is 299 g/mol. The number of hydrogen-bond acceptors (Lipinski definition) is 4. The second kappa shape index (κ2) is 5.91. The largest absolute Gasteiger partial charge is 0.356 e. The SMILES string of the molecule is C#CCCC1(CCNC(=O)C2CCc3cnc(C)n3C2)N=N1. The summed E-state index contributed by atoms with van der Waals surface area (Å²) in [6, 6.07) is 0. The van der Waals surface area contributed by atoms with E-state index in [-0.39, 0.29) is 17.5 Å². The highest BCUT2D eigenvalue weighted by Crippen LogP contribution is 2.36. The van der Waals surface area contributed by atoms with Crippen LogP contribution in [0.4, 0.5) is 0 Å². The summed E-state index contributed by atoms with van der Waals surface area (Å²) >= 11 is 0. The lowest BCUT2D eigenvalue weighted by Crippen LogP contribution is -2.37. The van der Waals surface area contributed by atoms with E-state index in [1.54, 1.807) is 0 Å². The molecule has 0 saturated carbocycles. The number of nitrogens with zero attached hydrogens (tertiary/aromatic N) is 4. The molecule has 1 N–H and O–H groups in total. The molecular formula is C16H21N5O. The van der Waals surface area contributed by atoms with Gasteiger partial charge in [-0.15, -0.1) is 12.3 Å². The van der Waals surface area contributed by atoms with Crippen molar-refractivity contribution in [3.8, 4) is 12.3 Å². The second-order valence-electron chi connectivity index (χ2n) is 6.07. The molecule has 2 aliphatic rings. The molecule has 0 saturated heterocycles. The highest BCUT2D eigenvalue weighted by molar-refractivity contribution is 5.78. The van der Waals surface area contributed by atoms with Crippen molar-refractivity contribution in [1.29, 1.82) is 0 Å². The van der Waals surface area contributed by atoms with E-state index < -0.39 is 0 Å². The summed E-state index contributed by atoms with van der Waals surface area (Å²) in [5.41, 5.74) is 0.908. The van der Waals surface area contributed by atoms with Gasteiger partial charge in [0.25, 0.3) is 0 Å². The van der Waals surface area contributed by atoms with Crippen LogP contribution in [0, 0.1) is 25.2 Å². The summed E-state index contributed by atoms with van der Waals surface area (Å²) in [4.78, 5) is 16.6. The maximum atomic E-state index is 12.3. The molecule has 1 unspecified atom stereocenters. The summed E-state index contributed by atoms with van der Waals surface area (Å²) in [7, 11) is 0. The lowest BCUT2D eigenvalue weighted by atomic mass is 9.97. The van der Waals surface area contributed by atoms with Crippen LogP contribution in [-0.2, 0) is 17.8 Å². The van der Waals surface area contributed by atoms with Crippen molar-refractivity contribution in [2.24, 2.45) is 16.1 Å². The van der Waals surface area contributed by atoms with Gasteiger partial charge in [-0.3, -0.25) is 4.79 Å². The number of carbonyl (C=O) groups is 1. The number of hydrogen-bond donors (Lipinski definition) is 1. The third-order valence-electron chi connectivity index (χ3n) is 4.54. The number of aromatic nitrogens is 2. The van der Waals surface area contributed by atoms with Crippen LogP contribution in [0.5, 0.6) is 0 Å². The van der Waals surface area contributed by atoms with Crippen molar-refractivity contribution < 1.29 is 4.79 Å². The summed E-state index contributed by atoms with van der Waals surface area (Å²) in [6.45, 7) is 3.31. The number of fused-ring (bicyclic) bond motifs is 1. The molecule has 0 radical (unpaired) electrons. The molecule has 0 aliphatic carbocycles. The smallest absolute Gasteiger partial charge is 0.224 e. The van der Waals surface area contributed by atoms with Gasteiger partial charge in [0.2, 0.25) is 5.91 Å². The zero-order valence-electron chi connectivity index (χ0n) is 12.9. The Labute approximate surface area is 130 Å². The number of nitrogens with one attached hydrogen (secondary N) is 1. The lowest BCUT2D eigenvalue weighted by molar-refractivity contribution is -0.125. The van der Waals surface area contributed by atoms with Crippen LogP contribution in [0.2, 0.25) is 0 Å². The van der Waals surface area contributed by atoms with Crippen molar-refractivity contribution in [2.45, 2.75) is 51.2 Å². The molecule has 1 aromatic heterocycles. The van der Waals surface area contributed by atoms with Gasteiger partial charge in [-0.05, 0) is 19.8 Å². The maximum Gasteiger partial charge on any atom is 0.224 e. The van der Waals surface area contributed by atoms with E-state index in [9.17, 15) is 4.79 Å². The third-order valence-corrected chi connectivity index (χ3v) is 4.54. The van der Waals surface area contributed by atoms with Gasteiger partial charge in [-0.25, -0.2) is 4.98 Å². The van der Waals surface area contributed by atoms with Crippen LogP contribution in [-0.4, -0.2) is 27.7 Å². The Hall–Kier alpha value is -2.16. The van der Waals surface area contributed by atoms with Crippen LogP contribution < -0.4 is 5.32 Å². The van der Waals surface area contributed by atoms with Crippen LogP contribution >= 0.6 is 0 Å². The predicted octanol–water partition coefficient (Wildman–Crippen LogP) is 1.84. The molecular weight excluding hydrogens is 278 g/mol. The standard InChI is InChI=1S/C16H21N5O/c1-3-4-7-16(19-20-16)8-9-17-15(22)13-5-6-14-10-18-12(2)21(14)11-13/h1,10,13H,4-9,11H2,2H3,(H,17,22). The predicted molar refractivity (Wildman–Crippen MR) is 82.1 cm³/mol. The number of carbonyl (C=O) groups excluding carboxylic acids is 1. The van der Waals surface area contributed by atoms with Crippen molar-refractivity contribution in [3.05, 3.63) is 17.7 Å². The number of aryl methyl sites for hydroxylation is 2. The normalized spacial score (nSPS) is 21.0. The summed E-state index contributed by atoms with van der Waals surface area (Å²) in [5.74, 6) is 3.73. The van der Waals surface area contributed by atoms with Gasteiger partial charge in [-0.2, -0.15) is 10.2 Å². The molecule has 1 amide bonds. The number of amides is 1. The Morgan fingerprint density at radius 3 is 3.09 bits per heavy atom. The fraction of sp³-hybridized carbons (Fsp3) is 0.625. The molecule has 22 heavy (non-hydrogen) atoms.